The molecule has 2 heterocycles. The minimum absolute atomic E-state index is 0.172. The van der Waals surface area contributed by atoms with Crippen molar-refractivity contribution in [2.24, 2.45) is 5.73 Å². The van der Waals surface area contributed by atoms with E-state index in [1.54, 1.807) is 6.26 Å². The van der Waals surface area contributed by atoms with E-state index in [1.165, 1.54) is 11.1 Å². The second-order valence-corrected chi connectivity index (χ2v) is 4.87. The summed E-state index contributed by atoms with van der Waals surface area (Å²) in [6, 6.07) is 7.97. The normalized spacial score (nSPS) is 15.9. The van der Waals surface area contributed by atoms with Crippen LogP contribution in [0.25, 0.3) is 0 Å². The van der Waals surface area contributed by atoms with Gasteiger partial charge >= 0.3 is 0 Å². The Morgan fingerprint density at radius 3 is 2.76 bits per heavy atom. The van der Waals surface area contributed by atoms with Gasteiger partial charge in [-0.25, -0.2) is 0 Å². The van der Waals surface area contributed by atoms with Crippen molar-refractivity contribution in [3.8, 4) is 0 Å². The van der Waals surface area contributed by atoms with Crippen LogP contribution in [0.5, 0.6) is 0 Å². The van der Waals surface area contributed by atoms with Crippen LogP contribution < -0.4 is 5.73 Å². The van der Waals surface area contributed by atoms with Crippen LogP contribution in [0.4, 0.5) is 0 Å². The van der Waals surface area contributed by atoms with Crippen molar-refractivity contribution in [3.05, 3.63) is 57.5 Å². The van der Waals surface area contributed by atoms with Crippen LogP contribution in [0.2, 0.25) is 0 Å². The highest BCUT2D eigenvalue weighted by Crippen LogP contribution is 2.30. The van der Waals surface area contributed by atoms with Crippen molar-refractivity contribution < 1.29 is 9.15 Å². The zero-order chi connectivity index (χ0) is 11.8. The SMILES string of the molecule is NC(c1ccc2c(c1)COC2)c1ccoc1Br. The van der Waals surface area contributed by atoms with Gasteiger partial charge in [0.2, 0.25) is 0 Å². The summed E-state index contributed by atoms with van der Waals surface area (Å²) in [4.78, 5) is 0. The molecule has 4 heteroatoms. The summed E-state index contributed by atoms with van der Waals surface area (Å²) in [6.07, 6.45) is 1.63. The van der Waals surface area contributed by atoms with Gasteiger partial charge in [-0.1, -0.05) is 18.2 Å². The third-order valence-corrected chi connectivity index (χ3v) is 3.73. The molecule has 0 amide bonds. The van der Waals surface area contributed by atoms with Gasteiger partial charge in [0.25, 0.3) is 0 Å². The second-order valence-electron chi connectivity index (χ2n) is 4.15. The molecule has 0 saturated carbocycles. The van der Waals surface area contributed by atoms with Crippen LogP contribution in [0.1, 0.15) is 28.3 Å². The van der Waals surface area contributed by atoms with Crippen molar-refractivity contribution in [3.63, 3.8) is 0 Å². The summed E-state index contributed by atoms with van der Waals surface area (Å²) in [6.45, 7) is 1.39. The Bertz CT molecular complexity index is 550. The van der Waals surface area contributed by atoms with Gasteiger partial charge in [-0.3, -0.25) is 0 Å². The molecule has 2 N–H and O–H groups in total. The minimum Gasteiger partial charge on any atom is -0.457 e. The van der Waals surface area contributed by atoms with Crippen molar-refractivity contribution in [1.29, 1.82) is 0 Å². The summed E-state index contributed by atoms with van der Waals surface area (Å²) in [5.41, 5.74) is 10.8. The Labute approximate surface area is 108 Å². The standard InChI is InChI=1S/C13H12BrNO2/c14-13-11(3-4-17-13)12(15)8-1-2-9-6-16-7-10(9)5-8/h1-5,12H,6-7,15H2. The zero-order valence-corrected chi connectivity index (χ0v) is 10.7. The number of ether oxygens (including phenoxy) is 1. The maximum atomic E-state index is 6.22. The first-order chi connectivity index (χ1) is 8.25. The van der Waals surface area contributed by atoms with Crippen LogP contribution in [-0.4, -0.2) is 0 Å². The second kappa shape index (κ2) is 4.29. The van der Waals surface area contributed by atoms with E-state index in [-0.39, 0.29) is 6.04 Å². The molecule has 88 valence electrons. The van der Waals surface area contributed by atoms with Gasteiger partial charge in [-0.2, -0.15) is 0 Å². The number of hydrogen-bond donors (Lipinski definition) is 1. The molecule has 1 aliphatic rings. The molecule has 3 rings (SSSR count). The van der Waals surface area contributed by atoms with E-state index in [4.69, 9.17) is 14.9 Å². The van der Waals surface area contributed by atoms with E-state index < -0.39 is 0 Å². The summed E-state index contributed by atoms with van der Waals surface area (Å²) >= 11 is 3.36. The quantitative estimate of drug-likeness (QED) is 0.925. The van der Waals surface area contributed by atoms with Gasteiger partial charge in [0.05, 0.1) is 25.5 Å². The molecule has 0 aliphatic carbocycles. The van der Waals surface area contributed by atoms with E-state index in [0.29, 0.717) is 17.9 Å². The van der Waals surface area contributed by atoms with Crippen molar-refractivity contribution >= 4 is 15.9 Å². The molecule has 0 bridgehead atoms. The van der Waals surface area contributed by atoms with E-state index in [9.17, 15) is 0 Å². The monoisotopic (exact) mass is 293 g/mol. The number of rotatable bonds is 2. The van der Waals surface area contributed by atoms with E-state index in [2.05, 4.69) is 34.1 Å². The molecule has 0 fully saturated rings. The van der Waals surface area contributed by atoms with Crippen LogP contribution >= 0.6 is 15.9 Å². The Morgan fingerprint density at radius 2 is 2.00 bits per heavy atom. The van der Waals surface area contributed by atoms with Crippen LogP contribution in [0.15, 0.2) is 39.6 Å². The van der Waals surface area contributed by atoms with E-state index in [1.807, 2.05) is 6.07 Å². The first-order valence-electron chi connectivity index (χ1n) is 5.43. The Balaban J connectivity index is 1.97. The third kappa shape index (κ3) is 1.92. The molecular weight excluding hydrogens is 282 g/mol. The van der Waals surface area contributed by atoms with Crippen molar-refractivity contribution in [2.75, 3.05) is 0 Å². The minimum atomic E-state index is -0.172. The Kier molecular flexibility index (Phi) is 2.78. The predicted molar refractivity (Wildman–Crippen MR) is 67.4 cm³/mol. The molecule has 1 atom stereocenters. The molecule has 17 heavy (non-hydrogen) atoms. The maximum Gasteiger partial charge on any atom is 0.174 e. The first-order valence-corrected chi connectivity index (χ1v) is 6.23. The number of fused-ring (bicyclic) bond motifs is 1. The van der Waals surface area contributed by atoms with Gasteiger partial charge in [0, 0.05) is 5.56 Å². The molecule has 0 radical (unpaired) electrons. The third-order valence-electron chi connectivity index (χ3n) is 3.09. The molecule has 1 aromatic heterocycles. The highest BCUT2D eigenvalue weighted by atomic mass is 79.9. The Morgan fingerprint density at radius 1 is 1.18 bits per heavy atom. The van der Waals surface area contributed by atoms with Gasteiger partial charge in [-0.15, -0.1) is 0 Å². The summed E-state index contributed by atoms with van der Waals surface area (Å²) in [5.74, 6) is 0. The Hall–Kier alpha value is -1.10. The summed E-state index contributed by atoms with van der Waals surface area (Å²) in [5, 5.41) is 0. The molecule has 0 saturated heterocycles. The smallest absolute Gasteiger partial charge is 0.174 e. The molecule has 2 aromatic rings. The first kappa shape index (κ1) is 11.0. The molecule has 0 spiro atoms. The number of furan rings is 1. The van der Waals surface area contributed by atoms with Gasteiger partial charge in [-0.05, 0) is 38.7 Å². The number of halogens is 1. The van der Waals surface area contributed by atoms with Crippen LogP contribution in [0, 0.1) is 0 Å². The summed E-state index contributed by atoms with van der Waals surface area (Å²) in [7, 11) is 0. The van der Waals surface area contributed by atoms with Crippen LogP contribution in [-0.2, 0) is 18.0 Å². The molecule has 1 unspecified atom stereocenters. The molecule has 3 nitrogen and oxygen atoms in total. The fourth-order valence-corrected chi connectivity index (χ4v) is 2.58. The number of nitrogens with two attached hydrogens (primary N) is 1. The largest absolute Gasteiger partial charge is 0.457 e. The average Bonchev–Trinajstić information content (AvgIpc) is 2.95. The zero-order valence-electron chi connectivity index (χ0n) is 9.15. The van der Waals surface area contributed by atoms with Crippen molar-refractivity contribution in [2.45, 2.75) is 19.3 Å². The fourth-order valence-electron chi connectivity index (χ4n) is 2.09. The van der Waals surface area contributed by atoms with Gasteiger partial charge in [0.1, 0.15) is 0 Å². The number of hydrogen-bond acceptors (Lipinski definition) is 3. The van der Waals surface area contributed by atoms with Crippen molar-refractivity contribution in [1.82, 2.24) is 0 Å². The lowest BCUT2D eigenvalue weighted by Crippen LogP contribution is -2.11. The van der Waals surface area contributed by atoms with Crippen LogP contribution in [0.3, 0.4) is 0 Å². The lowest BCUT2D eigenvalue weighted by atomic mass is 9.98. The molecule has 1 aliphatic heterocycles. The average molecular weight is 294 g/mol. The lowest BCUT2D eigenvalue weighted by Gasteiger charge is -2.12. The highest BCUT2D eigenvalue weighted by Gasteiger charge is 2.17. The van der Waals surface area contributed by atoms with Gasteiger partial charge < -0.3 is 14.9 Å². The van der Waals surface area contributed by atoms with Gasteiger partial charge in [0.15, 0.2) is 4.67 Å². The summed E-state index contributed by atoms with van der Waals surface area (Å²) < 4.78 is 11.3. The molecular formula is C13H12BrNO2. The number of benzene rings is 1. The highest BCUT2D eigenvalue weighted by molar-refractivity contribution is 9.10. The maximum absolute atomic E-state index is 6.22. The molecule has 1 aromatic carbocycles. The lowest BCUT2D eigenvalue weighted by molar-refractivity contribution is 0.134. The predicted octanol–water partition coefficient (Wildman–Crippen LogP) is 3.12. The topological polar surface area (TPSA) is 48.4 Å². The van der Waals surface area contributed by atoms with E-state index >= 15 is 0 Å². The van der Waals surface area contributed by atoms with E-state index in [0.717, 1.165) is 11.1 Å². The fraction of sp³-hybridized carbons (Fsp3) is 0.231.